The number of carbonyl (C=O) groups excluding carboxylic acids is 1. The average Bonchev–Trinajstić information content (AvgIpc) is 3.22. The van der Waals surface area contributed by atoms with Crippen molar-refractivity contribution in [3.8, 4) is 5.75 Å². The van der Waals surface area contributed by atoms with Gasteiger partial charge in [-0.15, -0.1) is 0 Å². The first-order valence-corrected chi connectivity index (χ1v) is 6.53. The van der Waals surface area contributed by atoms with Crippen LogP contribution in [0.2, 0.25) is 0 Å². The largest absolute Gasteiger partial charge is 0.494 e. The minimum atomic E-state index is -0.00410. The molecule has 5 nitrogen and oxygen atoms in total. The fourth-order valence-electron chi connectivity index (χ4n) is 2.00. The van der Waals surface area contributed by atoms with E-state index < -0.39 is 0 Å². The second kappa shape index (κ2) is 5.93. The Labute approximate surface area is 113 Å². The van der Waals surface area contributed by atoms with Crippen LogP contribution >= 0.6 is 0 Å². The van der Waals surface area contributed by atoms with Gasteiger partial charge in [0.1, 0.15) is 5.75 Å². The van der Waals surface area contributed by atoms with Crippen molar-refractivity contribution in [3.63, 3.8) is 0 Å². The van der Waals surface area contributed by atoms with Gasteiger partial charge in [-0.05, 0) is 32.0 Å². The fraction of sp³-hybridized carbons (Fsp3) is 0.500. The number of hydrogen-bond donors (Lipinski definition) is 2. The lowest BCUT2D eigenvalue weighted by molar-refractivity contribution is -0.116. The van der Waals surface area contributed by atoms with E-state index in [1.165, 1.54) is 12.8 Å². The Morgan fingerprint density at radius 2 is 2.26 bits per heavy atom. The third-order valence-corrected chi connectivity index (χ3v) is 3.36. The van der Waals surface area contributed by atoms with Gasteiger partial charge >= 0.3 is 0 Å². The summed E-state index contributed by atoms with van der Waals surface area (Å²) < 4.78 is 5.20. The van der Waals surface area contributed by atoms with E-state index in [0.717, 1.165) is 6.54 Å². The third-order valence-electron chi connectivity index (χ3n) is 3.36. The third kappa shape index (κ3) is 3.86. The molecule has 1 aromatic carbocycles. The number of anilines is 2. The number of methoxy groups -OCH3 is 1. The zero-order valence-electron chi connectivity index (χ0n) is 11.5. The summed E-state index contributed by atoms with van der Waals surface area (Å²) in [6, 6.07) is 5.88. The minimum absolute atomic E-state index is 0.00410. The maximum atomic E-state index is 11.9. The molecule has 0 heterocycles. The SMILES string of the molecule is COc1cc(N)ccc1NC(=O)CCN(C)C1CC1. The molecule has 5 heteroatoms. The number of rotatable bonds is 6. The monoisotopic (exact) mass is 263 g/mol. The van der Waals surface area contributed by atoms with E-state index in [4.69, 9.17) is 10.5 Å². The first-order valence-electron chi connectivity index (χ1n) is 6.53. The summed E-state index contributed by atoms with van der Waals surface area (Å²) in [6.07, 6.45) is 2.99. The Balaban J connectivity index is 1.87. The molecule has 1 amide bonds. The molecule has 2 rings (SSSR count). The number of carbonyl (C=O) groups is 1. The van der Waals surface area contributed by atoms with Crippen LogP contribution in [0.25, 0.3) is 0 Å². The number of benzene rings is 1. The molecule has 0 aliphatic heterocycles. The Hall–Kier alpha value is -1.75. The van der Waals surface area contributed by atoms with Gasteiger partial charge in [0.2, 0.25) is 5.91 Å². The van der Waals surface area contributed by atoms with Gasteiger partial charge in [-0.3, -0.25) is 4.79 Å². The van der Waals surface area contributed by atoms with Crippen molar-refractivity contribution in [1.29, 1.82) is 0 Å². The second-order valence-electron chi connectivity index (χ2n) is 4.97. The van der Waals surface area contributed by atoms with Gasteiger partial charge < -0.3 is 20.7 Å². The molecule has 0 unspecified atom stereocenters. The molecule has 1 aliphatic rings. The van der Waals surface area contributed by atoms with Crippen molar-refractivity contribution in [2.45, 2.75) is 25.3 Å². The maximum Gasteiger partial charge on any atom is 0.225 e. The van der Waals surface area contributed by atoms with E-state index in [0.29, 0.717) is 29.6 Å². The standard InChI is InChI=1S/C14H21N3O2/c1-17(11-4-5-11)8-7-14(18)16-12-6-3-10(15)9-13(12)19-2/h3,6,9,11H,4-5,7-8,15H2,1-2H3,(H,16,18). The van der Waals surface area contributed by atoms with E-state index in [-0.39, 0.29) is 5.91 Å². The summed E-state index contributed by atoms with van der Waals surface area (Å²) in [5, 5.41) is 2.86. The highest BCUT2D eigenvalue weighted by molar-refractivity contribution is 5.92. The molecular formula is C14H21N3O2. The lowest BCUT2D eigenvalue weighted by Gasteiger charge is -2.15. The quantitative estimate of drug-likeness (QED) is 0.767. The van der Waals surface area contributed by atoms with Crippen LogP contribution in [0.15, 0.2) is 18.2 Å². The van der Waals surface area contributed by atoms with E-state index >= 15 is 0 Å². The van der Waals surface area contributed by atoms with Crippen LogP contribution in [-0.2, 0) is 4.79 Å². The molecule has 3 N–H and O–H groups in total. The summed E-state index contributed by atoms with van der Waals surface area (Å²) in [6.45, 7) is 0.786. The van der Waals surface area contributed by atoms with Gasteiger partial charge in [-0.25, -0.2) is 0 Å². The Kier molecular flexibility index (Phi) is 4.27. The van der Waals surface area contributed by atoms with Crippen molar-refractivity contribution in [1.82, 2.24) is 4.90 Å². The minimum Gasteiger partial charge on any atom is -0.494 e. The lowest BCUT2D eigenvalue weighted by atomic mass is 10.2. The van der Waals surface area contributed by atoms with Crippen molar-refractivity contribution in [3.05, 3.63) is 18.2 Å². The van der Waals surface area contributed by atoms with Gasteiger partial charge in [-0.1, -0.05) is 0 Å². The van der Waals surface area contributed by atoms with Crippen LogP contribution < -0.4 is 15.8 Å². The molecule has 104 valence electrons. The van der Waals surface area contributed by atoms with Gasteiger partial charge in [0.05, 0.1) is 12.8 Å². The topological polar surface area (TPSA) is 67.6 Å². The maximum absolute atomic E-state index is 11.9. The van der Waals surface area contributed by atoms with Crippen LogP contribution in [0, 0.1) is 0 Å². The number of amides is 1. The number of nitrogens with two attached hydrogens (primary N) is 1. The molecule has 0 saturated heterocycles. The number of nitrogens with one attached hydrogen (secondary N) is 1. The molecule has 1 aliphatic carbocycles. The predicted octanol–water partition coefficient (Wildman–Crippen LogP) is 1.70. The van der Waals surface area contributed by atoms with Crippen molar-refractivity contribution in [2.75, 3.05) is 31.8 Å². The Bertz CT molecular complexity index is 458. The highest BCUT2D eigenvalue weighted by atomic mass is 16.5. The van der Waals surface area contributed by atoms with Crippen LogP contribution in [0.1, 0.15) is 19.3 Å². The molecule has 1 saturated carbocycles. The van der Waals surface area contributed by atoms with Gasteiger partial charge in [0, 0.05) is 30.8 Å². The predicted molar refractivity (Wildman–Crippen MR) is 76.3 cm³/mol. The fourth-order valence-corrected chi connectivity index (χ4v) is 2.00. The van der Waals surface area contributed by atoms with Crippen molar-refractivity contribution in [2.24, 2.45) is 0 Å². The normalized spacial score (nSPS) is 14.5. The van der Waals surface area contributed by atoms with E-state index in [1.54, 1.807) is 25.3 Å². The lowest BCUT2D eigenvalue weighted by Crippen LogP contribution is -2.26. The summed E-state index contributed by atoms with van der Waals surface area (Å²) in [7, 11) is 3.63. The first kappa shape index (κ1) is 13.7. The van der Waals surface area contributed by atoms with Crippen molar-refractivity contribution >= 4 is 17.3 Å². The van der Waals surface area contributed by atoms with Crippen molar-refractivity contribution < 1.29 is 9.53 Å². The summed E-state index contributed by atoms with van der Waals surface area (Å²) >= 11 is 0. The zero-order chi connectivity index (χ0) is 13.8. The molecule has 0 bridgehead atoms. The Morgan fingerprint density at radius 1 is 1.53 bits per heavy atom. The van der Waals surface area contributed by atoms with E-state index in [1.807, 2.05) is 0 Å². The van der Waals surface area contributed by atoms with Gasteiger partial charge in [-0.2, -0.15) is 0 Å². The highest BCUT2D eigenvalue weighted by Gasteiger charge is 2.25. The van der Waals surface area contributed by atoms with E-state index in [9.17, 15) is 4.79 Å². The number of ether oxygens (including phenoxy) is 1. The molecule has 0 aromatic heterocycles. The molecule has 0 spiro atoms. The molecule has 1 aromatic rings. The number of hydrogen-bond acceptors (Lipinski definition) is 4. The average molecular weight is 263 g/mol. The zero-order valence-corrected chi connectivity index (χ0v) is 11.5. The summed E-state index contributed by atoms with van der Waals surface area (Å²) in [4.78, 5) is 14.1. The molecule has 0 atom stereocenters. The van der Waals surface area contributed by atoms with Crippen LogP contribution in [0.5, 0.6) is 5.75 Å². The first-order chi connectivity index (χ1) is 9.10. The highest BCUT2D eigenvalue weighted by Crippen LogP contribution is 2.27. The molecule has 19 heavy (non-hydrogen) atoms. The summed E-state index contributed by atoms with van der Waals surface area (Å²) in [5.74, 6) is 0.583. The number of nitrogen functional groups attached to an aromatic ring is 1. The number of nitrogens with zero attached hydrogens (tertiary/aromatic N) is 1. The van der Waals surface area contributed by atoms with Crippen LogP contribution in [0.3, 0.4) is 0 Å². The second-order valence-corrected chi connectivity index (χ2v) is 4.97. The molecule has 1 fully saturated rings. The Morgan fingerprint density at radius 3 is 2.89 bits per heavy atom. The smallest absolute Gasteiger partial charge is 0.225 e. The van der Waals surface area contributed by atoms with E-state index in [2.05, 4.69) is 17.3 Å². The summed E-state index contributed by atoms with van der Waals surface area (Å²) in [5.41, 5.74) is 6.95. The van der Waals surface area contributed by atoms with Gasteiger partial charge in [0.15, 0.2) is 0 Å². The van der Waals surface area contributed by atoms with Gasteiger partial charge in [0.25, 0.3) is 0 Å². The van der Waals surface area contributed by atoms with Crippen LogP contribution in [0.4, 0.5) is 11.4 Å². The molecule has 0 radical (unpaired) electrons. The van der Waals surface area contributed by atoms with Crippen LogP contribution in [-0.4, -0.2) is 37.6 Å². The molecular weight excluding hydrogens is 242 g/mol.